The average molecular weight is 91.2 g/mol. The van der Waals surface area contributed by atoms with E-state index in [2.05, 4.69) is 5.32 Å². The van der Waals surface area contributed by atoms with Crippen molar-refractivity contribution in [2.75, 3.05) is 7.05 Å². The molecule has 40 valence electrons. The van der Waals surface area contributed by atoms with E-state index in [4.69, 9.17) is 0 Å². The molecule has 0 aliphatic rings. The molecule has 0 rings (SSSR count). The highest BCUT2D eigenvalue weighted by atomic mass is 16.1. The van der Waals surface area contributed by atoms with E-state index in [1.807, 2.05) is 6.92 Å². The van der Waals surface area contributed by atoms with Crippen molar-refractivity contribution in [2.24, 2.45) is 0 Å². The largest absolute Gasteiger partial charge is 0.359 e. The van der Waals surface area contributed by atoms with Crippen LogP contribution in [-0.2, 0) is 4.79 Å². The highest BCUT2D eigenvalue weighted by Crippen LogP contribution is 1.68. The van der Waals surface area contributed by atoms with Crippen molar-refractivity contribution < 1.29 is 7.65 Å². The Labute approximate surface area is 40.5 Å². The fraction of sp³-hybridized carbons (Fsp3) is 0.750. The maximum Gasteiger partial charge on any atom is 0.219 e. The lowest BCUT2D eigenvalue weighted by Gasteiger charge is -1.87. The van der Waals surface area contributed by atoms with E-state index >= 15 is 0 Å². The topological polar surface area (TPSA) is 29.1 Å². The third-order valence-corrected chi connectivity index (χ3v) is 0.600. The second kappa shape index (κ2) is 2.69. The van der Waals surface area contributed by atoms with Crippen LogP contribution in [0.25, 0.3) is 0 Å². The summed E-state index contributed by atoms with van der Waals surface area (Å²) in [6, 6.07) is 0. The maximum atomic E-state index is 10.1. The van der Waals surface area contributed by atoms with Crippen LogP contribution in [0.1, 0.15) is 16.2 Å². The molecule has 2 nitrogen and oxygen atoms in total. The van der Waals surface area contributed by atoms with Crippen LogP contribution in [0.15, 0.2) is 0 Å². The molecule has 0 bridgehead atoms. The van der Waals surface area contributed by atoms with Crippen LogP contribution in [0.4, 0.5) is 0 Å². The van der Waals surface area contributed by atoms with E-state index in [-0.39, 0.29) is 8.76 Å². The van der Waals surface area contributed by atoms with E-state index in [1.165, 1.54) is 0 Å². The van der Waals surface area contributed by atoms with Crippen molar-refractivity contribution >= 4 is 5.91 Å². The Bertz CT molecular complexity index is 52.0. The maximum absolute atomic E-state index is 10.1. The summed E-state index contributed by atoms with van der Waals surface area (Å²) in [4.78, 5) is 10.1. The molecule has 0 saturated carbocycles. The third-order valence-electron chi connectivity index (χ3n) is 0.600. The first-order valence-corrected chi connectivity index (χ1v) is 2.01. The van der Waals surface area contributed by atoms with Gasteiger partial charge in [0.1, 0.15) is 0 Å². The molecule has 0 aliphatic heterocycles. The van der Waals surface area contributed by atoms with Gasteiger partial charge in [0.05, 0.1) is 0 Å². The van der Waals surface area contributed by atoms with Gasteiger partial charge in [-0.15, -0.1) is 0 Å². The number of hydrogen-bond donors (Lipinski definition) is 1. The van der Waals surface area contributed by atoms with Gasteiger partial charge in [0.15, 0.2) is 0 Å². The van der Waals surface area contributed by atoms with Gasteiger partial charge in [-0.05, 0) is 0 Å². The Morgan fingerprint density at radius 2 is 2.50 bits per heavy atom. The number of hydrogen-bond acceptors (Lipinski definition) is 1. The predicted molar refractivity (Wildman–Crippen MR) is 28.6 cm³/mol. The second-order valence-electron chi connectivity index (χ2n) is 1.03. The van der Waals surface area contributed by atoms with Gasteiger partial charge < -0.3 is 5.32 Å². The summed E-state index contributed by atoms with van der Waals surface area (Å²) in [6.45, 7) is 1.82. The van der Waals surface area contributed by atoms with Crippen LogP contribution in [-0.4, -0.2) is 13.0 Å². The van der Waals surface area contributed by atoms with Crippen LogP contribution in [0, 0.1) is 0 Å². The van der Waals surface area contributed by atoms with Crippen LogP contribution in [0.3, 0.4) is 0 Å². The minimum atomic E-state index is 0. The van der Waals surface area contributed by atoms with E-state index in [0.717, 1.165) is 0 Å². The summed E-state index contributed by atoms with van der Waals surface area (Å²) in [5, 5.41) is 2.48. The highest BCUT2D eigenvalue weighted by molar-refractivity contribution is 5.74. The molecule has 0 aromatic carbocycles. The van der Waals surface area contributed by atoms with E-state index in [9.17, 15) is 4.79 Å². The molecule has 2 heteroatoms. The first-order valence-electron chi connectivity index (χ1n) is 2.01. The Kier molecular flexibility index (Phi) is 2.46. The zero-order valence-electron chi connectivity index (χ0n) is 4.12. The lowest BCUT2D eigenvalue weighted by Crippen LogP contribution is -2.15. The number of nitrogens with one attached hydrogen (secondary N) is 1. The number of carbonyl (C=O) groups is 1. The zero-order chi connectivity index (χ0) is 4.99. The van der Waals surface area contributed by atoms with E-state index in [1.54, 1.807) is 7.05 Å². The number of rotatable bonds is 1. The summed E-state index contributed by atoms with van der Waals surface area (Å²) in [6.07, 6.45) is 0.580. The Morgan fingerprint density at radius 3 is 2.50 bits per heavy atom. The van der Waals surface area contributed by atoms with Crippen LogP contribution >= 0.6 is 0 Å². The number of carbonyl (C=O) groups excluding carboxylic acids is 1. The monoisotopic (exact) mass is 91.1 g/mol. The Balaban J connectivity index is -0.000000125. The Hall–Kier alpha value is -0.530. The molecule has 0 atom stereocenters. The van der Waals surface area contributed by atoms with Gasteiger partial charge in [-0.2, -0.15) is 0 Å². The smallest absolute Gasteiger partial charge is 0.219 e. The highest BCUT2D eigenvalue weighted by Gasteiger charge is 1.84. The lowest BCUT2D eigenvalue weighted by molar-refractivity contribution is -0.120. The van der Waals surface area contributed by atoms with Gasteiger partial charge in [-0.3, -0.25) is 4.79 Å². The summed E-state index contributed by atoms with van der Waals surface area (Å²) in [7, 11) is 1.63. The zero-order valence-corrected chi connectivity index (χ0v) is 4.12. The molecule has 0 aromatic rings. The lowest BCUT2D eigenvalue weighted by atomic mass is 10.5. The van der Waals surface area contributed by atoms with Crippen LogP contribution in [0.2, 0.25) is 0 Å². The molecule has 1 N–H and O–H groups in total. The van der Waals surface area contributed by atoms with Crippen molar-refractivity contribution in [3.05, 3.63) is 0 Å². The standard InChI is InChI=1S/C4H9NO.2H2/c1-3-4(6)5-2;;/h3H2,1-2H3,(H,5,6);2*1H. The minimum absolute atomic E-state index is 0. The Morgan fingerprint density at radius 1 is 2.00 bits per heavy atom. The summed E-state index contributed by atoms with van der Waals surface area (Å²) in [5.41, 5.74) is 0. The van der Waals surface area contributed by atoms with Crippen LogP contribution < -0.4 is 5.32 Å². The first-order chi connectivity index (χ1) is 2.81. The molecule has 0 saturated heterocycles. The quantitative estimate of drug-likeness (QED) is 0.504. The van der Waals surface area contributed by atoms with Gasteiger partial charge in [0, 0.05) is 16.3 Å². The van der Waals surface area contributed by atoms with Crippen molar-refractivity contribution in [3.63, 3.8) is 0 Å². The summed E-state index contributed by atoms with van der Waals surface area (Å²) < 4.78 is 0. The van der Waals surface area contributed by atoms with Gasteiger partial charge in [0.2, 0.25) is 5.91 Å². The molecule has 0 unspecified atom stereocenters. The second-order valence-corrected chi connectivity index (χ2v) is 1.03. The van der Waals surface area contributed by atoms with Gasteiger partial charge in [-0.25, -0.2) is 0 Å². The minimum Gasteiger partial charge on any atom is -0.359 e. The van der Waals surface area contributed by atoms with Crippen molar-refractivity contribution in [2.45, 2.75) is 13.3 Å². The van der Waals surface area contributed by atoms with Gasteiger partial charge in [0.25, 0.3) is 0 Å². The predicted octanol–water partition coefficient (Wildman–Crippen LogP) is 0.634. The molecular formula is C4H13NO. The first kappa shape index (κ1) is 5.47. The summed E-state index contributed by atoms with van der Waals surface area (Å²) >= 11 is 0. The van der Waals surface area contributed by atoms with Gasteiger partial charge >= 0.3 is 0 Å². The molecule has 6 heavy (non-hydrogen) atoms. The number of amides is 1. The fourth-order valence-electron chi connectivity index (χ4n) is 0.177. The average Bonchev–Trinajstić information content (AvgIpc) is 1.65. The molecule has 0 aliphatic carbocycles. The van der Waals surface area contributed by atoms with Crippen molar-refractivity contribution in [3.8, 4) is 0 Å². The molecular weight excluding hydrogens is 78.0 g/mol. The molecule has 0 heterocycles. The molecule has 0 radical (unpaired) electrons. The molecule has 0 aromatic heterocycles. The van der Waals surface area contributed by atoms with Gasteiger partial charge in [-0.1, -0.05) is 6.92 Å². The van der Waals surface area contributed by atoms with Crippen LogP contribution in [0.5, 0.6) is 0 Å². The fourth-order valence-corrected chi connectivity index (χ4v) is 0.177. The molecule has 0 fully saturated rings. The third kappa shape index (κ3) is 1.76. The van der Waals surface area contributed by atoms with Crippen molar-refractivity contribution in [1.29, 1.82) is 0 Å². The molecule has 1 amide bonds. The normalized spacial score (nSPS) is 7.67. The van der Waals surface area contributed by atoms with E-state index in [0.29, 0.717) is 6.42 Å². The summed E-state index contributed by atoms with van der Waals surface area (Å²) in [5.74, 6) is 0.0926. The van der Waals surface area contributed by atoms with E-state index < -0.39 is 0 Å². The molecule has 0 spiro atoms. The van der Waals surface area contributed by atoms with Crippen molar-refractivity contribution in [1.82, 2.24) is 5.32 Å². The SMILES string of the molecule is CCC(=O)NC.[HH].[HH].